The smallest absolute Gasteiger partial charge is 0.119 e. The molecule has 2 aliphatic rings. The van der Waals surface area contributed by atoms with Crippen LogP contribution in [0.3, 0.4) is 0 Å². The molecule has 2 fully saturated rings. The molecule has 4 heteroatoms. The fraction of sp³-hybridized carbons (Fsp3) is 0.684. The Hall–Kier alpha value is -1.26. The van der Waals surface area contributed by atoms with Gasteiger partial charge in [-0.3, -0.25) is 9.80 Å². The zero-order valence-electron chi connectivity index (χ0n) is 14.4. The number of piperazine rings is 1. The molecule has 4 nitrogen and oxygen atoms in total. The summed E-state index contributed by atoms with van der Waals surface area (Å²) in [6, 6.07) is 8.79. The summed E-state index contributed by atoms with van der Waals surface area (Å²) in [5, 5.41) is 0. The number of hydrogen-bond acceptors (Lipinski definition) is 4. The highest BCUT2D eigenvalue weighted by Crippen LogP contribution is 2.24. The van der Waals surface area contributed by atoms with E-state index >= 15 is 0 Å². The molecule has 1 saturated heterocycles. The largest absolute Gasteiger partial charge is 0.494 e. The normalized spacial score (nSPS) is 20.7. The van der Waals surface area contributed by atoms with E-state index in [4.69, 9.17) is 9.47 Å². The summed E-state index contributed by atoms with van der Waals surface area (Å²) >= 11 is 0. The molecule has 128 valence electrons. The van der Waals surface area contributed by atoms with Gasteiger partial charge in [0.15, 0.2) is 0 Å². The van der Waals surface area contributed by atoms with Crippen molar-refractivity contribution in [3.63, 3.8) is 0 Å². The second-order valence-corrected chi connectivity index (χ2v) is 6.57. The fourth-order valence-electron chi connectivity index (χ4n) is 3.71. The van der Waals surface area contributed by atoms with Crippen LogP contribution in [0.5, 0.6) is 11.5 Å². The molecule has 0 amide bonds. The van der Waals surface area contributed by atoms with Crippen molar-refractivity contribution in [2.75, 3.05) is 45.9 Å². The first kappa shape index (κ1) is 16.6. The Kier molecular flexibility index (Phi) is 6.17. The van der Waals surface area contributed by atoms with Crippen LogP contribution in [-0.2, 0) is 0 Å². The maximum atomic E-state index is 5.86. The van der Waals surface area contributed by atoms with Gasteiger partial charge >= 0.3 is 0 Å². The zero-order valence-corrected chi connectivity index (χ0v) is 14.4. The lowest BCUT2D eigenvalue weighted by Crippen LogP contribution is -2.50. The van der Waals surface area contributed by atoms with Crippen molar-refractivity contribution < 1.29 is 9.47 Å². The molecule has 0 radical (unpaired) electrons. The molecule has 0 N–H and O–H groups in total. The Labute approximate surface area is 140 Å². The number of rotatable bonds is 7. The quantitative estimate of drug-likeness (QED) is 0.771. The standard InChI is InChI=1S/C19H30N2O2/c1-2-22-18-7-9-19(10-8-18)23-16-15-20-11-13-21(14-12-20)17-5-3-4-6-17/h7-10,17H,2-6,11-16H2,1H3. The minimum absolute atomic E-state index is 0.701. The van der Waals surface area contributed by atoms with E-state index in [0.717, 1.165) is 30.7 Å². The molecular weight excluding hydrogens is 288 g/mol. The first-order chi connectivity index (χ1) is 11.3. The van der Waals surface area contributed by atoms with Crippen molar-refractivity contribution in [3.8, 4) is 11.5 Å². The summed E-state index contributed by atoms with van der Waals surface area (Å²) in [5.74, 6) is 1.83. The third kappa shape index (κ3) is 4.85. The molecule has 0 atom stereocenters. The molecule has 1 aromatic carbocycles. The highest BCUT2D eigenvalue weighted by atomic mass is 16.5. The molecule has 23 heavy (non-hydrogen) atoms. The molecule has 1 aromatic rings. The van der Waals surface area contributed by atoms with Crippen LogP contribution >= 0.6 is 0 Å². The molecule has 3 rings (SSSR count). The van der Waals surface area contributed by atoms with E-state index in [1.165, 1.54) is 51.9 Å². The second kappa shape index (κ2) is 8.55. The summed E-state index contributed by atoms with van der Waals surface area (Å²) in [5.41, 5.74) is 0. The minimum Gasteiger partial charge on any atom is -0.494 e. The van der Waals surface area contributed by atoms with Gasteiger partial charge in [-0.15, -0.1) is 0 Å². The van der Waals surface area contributed by atoms with E-state index in [9.17, 15) is 0 Å². The topological polar surface area (TPSA) is 24.9 Å². The van der Waals surface area contributed by atoms with Crippen LogP contribution in [0.2, 0.25) is 0 Å². The second-order valence-electron chi connectivity index (χ2n) is 6.57. The van der Waals surface area contributed by atoms with Crippen LogP contribution in [0.1, 0.15) is 32.6 Å². The van der Waals surface area contributed by atoms with E-state index in [0.29, 0.717) is 6.61 Å². The minimum atomic E-state index is 0.701. The average molecular weight is 318 g/mol. The van der Waals surface area contributed by atoms with E-state index in [-0.39, 0.29) is 0 Å². The summed E-state index contributed by atoms with van der Waals surface area (Å²) in [7, 11) is 0. The zero-order chi connectivity index (χ0) is 15.9. The molecule has 0 unspecified atom stereocenters. The number of hydrogen-bond donors (Lipinski definition) is 0. The van der Waals surface area contributed by atoms with Crippen molar-refractivity contribution in [1.82, 2.24) is 9.80 Å². The molecule has 0 spiro atoms. The SMILES string of the molecule is CCOc1ccc(OCCN2CCN(C3CCCC3)CC2)cc1. The third-order valence-electron chi connectivity index (χ3n) is 5.06. The van der Waals surface area contributed by atoms with Gasteiger partial charge in [0.2, 0.25) is 0 Å². The van der Waals surface area contributed by atoms with Crippen LogP contribution in [0, 0.1) is 0 Å². The van der Waals surface area contributed by atoms with Gasteiger partial charge in [-0.1, -0.05) is 12.8 Å². The number of nitrogens with zero attached hydrogens (tertiary/aromatic N) is 2. The average Bonchev–Trinajstić information content (AvgIpc) is 3.12. The third-order valence-corrected chi connectivity index (χ3v) is 5.06. The van der Waals surface area contributed by atoms with E-state index < -0.39 is 0 Å². The molecule has 1 saturated carbocycles. The van der Waals surface area contributed by atoms with Crippen molar-refractivity contribution >= 4 is 0 Å². The monoisotopic (exact) mass is 318 g/mol. The lowest BCUT2D eigenvalue weighted by molar-refractivity contribution is 0.0881. The van der Waals surface area contributed by atoms with Crippen LogP contribution < -0.4 is 9.47 Å². The first-order valence-electron chi connectivity index (χ1n) is 9.17. The summed E-state index contributed by atoms with van der Waals surface area (Å²) in [6.07, 6.45) is 5.70. The van der Waals surface area contributed by atoms with Gasteiger partial charge in [0.25, 0.3) is 0 Å². The van der Waals surface area contributed by atoms with Gasteiger partial charge in [-0.2, -0.15) is 0 Å². The predicted octanol–water partition coefficient (Wildman–Crippen LogP) is 3.02. The predicted molar refractivity (Wildman–Crippen MR) is 93.4 cm³/mol. The molecule has 0 aromatic heterocycles. The van der Waals surface area contributed by atoms with Gasteiger partial charge < -0.3 is 9.47 Å². The summed E-state index contributed by atoms with van der Waals surface area (Å²) in [4.78, 5) is 5.23. The van der Waals surface area contributed by atoms with E-state index in [1.54, 1.807) is 0 Å². The van der Waals surface area contributed by atoms with Crippen molar-refractivity contribution in [2.24, 2.45) is 0 Å². The Balaban J connectivity index is 1.33. The molecule has 1 heterocycles. The first-order valence-corrected chi connectivity index (χ1v) is 9.17. The Morgan fingerprint density at radius 1 is 0.913 bits per heavy atom. The molecule has 1 aliphatic carbocycles. The molecular formula is C19H30N2O2. The lowest BCUT2D eigenvalue weighted by Gasteiger charge is -2.38. The van der Waals surface area contributed by atoms with Crippen molar-refractivity contribution in [3.05, 3.63) is 24.3 Å². The van der Waals surface area contributed by atoms with Crippen molar-refractivity contribution in [2.45, 2.75) is 38.6 Å². The fourth-order valence-corrected chi connectivity index (χ4v) is 3.71. The number of ether oxygens (including phenoxy) is 2. The van der Waals surface area contributed by atoms with E-state index in [1.807, 2.05) is 31.2 Å². The number of benzene rings is 1. The van der Waals surface area contributed by atoms with Crippen LogP contribution in [-0.4, -0.2) is 61.8 Å². The van der Waals surface area contributed by atoms with E-state index in [2.05, 4.69) is 9.80 Å². The maximum Gasteiger partial charge on any atom is 0.119 e. The lowest BCUT2D eigenvalue weighted by atomic mass is 10.2. The summed E-state index contributed by atoms with van der Waals surface area (Å²) in [6.45, 7) is 9.31. The van der Waals surface area contributed by atoms with Crippen LogP contribution in [0.25, 0.3) is 0 Å². The van der Waals surface area contributed by atoms with Gasteiger partial charge in [0, 0.05) is 38.8 Å². The Bertz CT molecular complexity index is 449. The highest BCUT2D eigenvalue weighted by molar-refractivity contribution is 5.31. The van der Waals surface area contributed by atoms with Gasteiger partial charge in [-0.05, 0) is 44.0 Å². The molecule has 0 bridgehead atoms. The van der Waals surface area contributed by atoms with Crippen LogP contribution in [0.4, 0.5) is 0 Å². The Morgan fingerprint density at radius 3 is 2.13 bits per heavy atom. The maximum absolute atomic E-state index is 5.86. The van der Waals surface area contributed by atoms with Gasteiger partial charge in [0.05, 0.1) is 6.61 Å². The molecule has 1 aliphatic heterocycles. The van der Waals surface area contributed by atoms with Gasteiger partial charge in [-0.25, -0.2) is 0 Å². The summed E-state index contributed by atoms with van der Waals surface area (Å²) < 4.78 is 11.3. The highest BCUT2D eigenvalue weighted by Gasteiger charge is 2.25. The van der Waals surface area contributed by atoms with Gasteiger partial charge in [0.1, 0.15) is 18.1 Å². The van der Waals surface area contributed by atoms with Crippen molar-refractivity contribution in [1.29, 1.82) is 0 Å². The van der Waals surface area contributed by atoms with Crippen LogP contribution in [0.15, 0.2) is 24.3 Å². The Morgan fingerprint density at radius 2 is 1.52 bits per heavy atom.